The van der Waals surface area contributed by atoms with Crippen LogP contribution in [0, 0.1) is 11.8 Å². The van der Waals surface area contributed by atoms with Crippen LogP contribution in [0.25, 0.3) is 0 Å². The molecule has 1 heterocycles. The quantitative estimate of drug-likeness (QED) is 0.761. The predicted octanol–water partition coefficient (Wildman–Crippen LogP) is 1.17. The number of rotatable bonds is 2. The van der Waals surface area contributed by atoms with Gasteiger partial charge in [0.2, 0.25) is 0 Å². The minimum Gasteiger partial charge on any atom is -0.480 e. The van der Waals surface area contributed by atoms with Gasteiger partial charge in [0.1, 0.15) is 5.54 Å². The second-order valence-electron chi connectivity index (χ2n) is 5.62. The normalized spacial score (nSPS) is 40.1. The molecule has 98 valence electrons. The number of carbonyl (C=O) groups is 1. The van der Waals surface area contributed by atoms with Crippen LogP contribution >= 0.6 is 0 Å². The van der Waals surface area contributed by atoms with E-state index >= 15 is 0 Å². The molecule has 0 spiro atoms. The van der Waals surface area contributed by atoms with Crippen molar-refractivity contribution in [1.82, 2.24) is 10.2 Å². The molecule has 0 aromatic rings. The third-order valence-electron chi connectivity index (χ3n) is 4.88. The lowest BCUT2D eigenvalue weighted by Gasteiger charge is -2.50. The summed E-state index contributed by atoms with van der Waals surface area (Å²) < 4.78 is 0. The Labute approximate surface area is 103 Å². The smallest absolute Gasteiger partial charge is 0.324 e. The Bertz CT molecular complexity index is 289. The van der Waals surface area contributed by atoms with E-state index in [1.807, 2.05) is 0 Å². The number of aliphatic carboxylic acids is 1. The van der Waals surface area contributed by atoms with Gasteiger partial charge in [0.05, 0.1) is 0 Å². The molecule has 1 saturated heterocycles. The summed E-state index contributed by atoms with van der Waals surface area (Å²) in [6, 6.07) is 0. The molecule has 0 radical (unpaired) electrons. The van der Waals surface area contributed by atoms with E-state index in [9.17, 15) is 9.90 Å². The number of nitrogens with zero attached hydrogens (tertiary/aromatic N) is 1. The summed E-state index contributed by atoms with van der Waals surface area (Å²) in [6.07, 6.45) is 3.03. The zero-order valence-corrected chi connectivity index (χ0v) is 10.9. The van der Waals surface area contributed by atoms with Crippen LogP contribution in [0.1, 0.15) is 33.1 Å². The Morgan fingerprint density at radius 3 is 2.59 bits per heavy atom. The number of hydrogen-bond donors (Lipinski definition) is 2. The summed E-state index contributed by atoms with van der Waals surface area (Å²) in [5.41, 5.74) is -0.611. The Balaban J connectivity index is 2.26. The molecule has 0 bridgehead atoms. The van der Waals surface area contributed by atoms with Gasteiger partial charge in [-0.1, -0.05) is 26.7 Å². The van der Waals surface area contributed by atoms with E-state index in [2.05, 4.69) is 24.1 Å². The van der Waals surface area contributed by atoms with Crippen LogP contribution in [0.3, 0.4) is 0 Å². The topological polar surface area (TPSA) is 52.6 Å². The molecule has 0 aromatic heterocycles. The van der Waals surface area contributed by atoms with Gasteiger partial charge in [-0.05, 0) is 18.3 Å². The first-order valence-electron chi connectivity index (χ1n) is 6.78. The van der Waals surface area contributed by atoms with E-state index < -0.39 is 11.5 Å². The third kappa shape index (κ3) is 2.08. The minimum absolute atomic E-state index is 0.242. The molecule has 3 unspecified atom stereocenters. The van der Waals surface area contributed by atoms with Gasteiger partial charge in [0.15, 0.2) is 0 Å². The van der Waals surface area contributed by atoms with Crippen LogP contribution in [0.5, 0.6) is 0 Å². The summed E-state index contributed by atoms with van der Waals surface area (Å²) in [5, 5.41) is 13.1. The molecule has 2 N–H and O–H groups in total. The van der Waals surface area contributed by atoms with Crippen LogP contribution in [0.15, 0.2) is 0 Å². The summed E-state index contributed by atoms with van der Waals surface area (Å²) >= 11 is 0. The van der Waals surface area contributed by atoms with E-state index in [-0.39, 0.29) is 5.92 Å². The second kappa shape index (κ2) is 4.94. The molecule has 0 amide bonds. The van der Waals surface area contributed by atoms with Gasteiger partial charge in [0, 0.05) is 26.2 Å². The first kappa shape index (κ1) is 12.8. The molecule has 2 aliphatic rings. The monoisotopic (exact) mass is 240 g/mol. The zero-order chi connectivity index (χ0) is 12.5. The van der Waals surface area contributed by atoms with Gasteiger partial charge < -0.3 is 10.4 Å². The van der Waals surface area contributed by atoms with E-state index in [0.29, 0.717) is 5.92 Å². The first-order chi connectivity index (χ1) is 8.09. The van der Waals surface area contributed by atoms with Crippen molar-refractivity contribution in [3.05, 3.63) is 0 Å². The standard InChI is InChI=1S/C13H24N2O2/c1-10-4-3-5-13(11(10)2,12(16)17)15-8-6-14-7-9-15/h10-11,14H,3-9H2,1-2H3,(H,16,17). The summed E-state index contributed by atoms with van der Waals surface area (Å²) in [7, 11) is 0. The average Bonchev–Trinajstić information content (AvgIpc) is 2.33. The van der Waals surface area contributed by atoms with Gasteiger partial charge in [0.25, 0.3) is 0 Å². The molecule has 2 fully saturated rings. The van der Waals surface area contributed by atoms with Gasteiger partial charge in [-0.25, -0.2) is 0 Å². The Morgan fingerprint density at radius 1 is 1.35 bits per heavy atom. The molecule has 0 aromatic carbocycles. The molecule has 1 saturated carbocycles. The first-order valence-corrected chi connectivity index (χ1v) is 6.78. The predicted molar refractivity (Wildman–Crippen MR) is 67.0 cm³/mol. The van der Waals surface area contributed by atoms with Gasteiger partial charge in [-0.15, -0.1) is 0 Å². The number of carboxylic acids is 1. The minimum atomic E-state index is -0.613. The van der Waals surface area contributed by atoms with Gasteiger partial charge >= 0.3 is 5.97 Å². The maximum Gasteiger partial charge on any atom is 0.324 e. The number of carboxylic acid groups (broad SMARTS) is 1. The second-order valence-corrected chi connectivity index (χ2v) is 5.62. The molecule has 4 heteroatoms. The van der Waals surface area contributed by atoms with Crippen LogP contribution in [-0.2, 0) is 4.79 Å². The summed E-state index contributed by atoms with van der Waals surface area (Å²) in [6.45, 7) is 7.88. The van der Waals surface area contributed by atoms with Crippen molar-refractivity contribution >= 4 is 5.97 Å². The fraction of sp³-hybridized carbons (Fsp3) is 0.923. The zero-order valence-electron chi connectivity index (χ0n) is 10.9. The van der Waals surface area contributed by atoms with Crippen molar-refractivity contribution in [3.8, 4) is 0 Å². The summed E-state index contributed by atoms with van der Waals surface area (Å²) in [5.74, 6) is 0.139. The van der Waals surface area contributed by atoms with E-state index in [0.717, 1.165) is 39.0 Å². The van der Waals surface area contributed by atoms with Crippen LogP contribution in [-0.4, -0.2) is 47.7 Å². The third-order valence-corrected chi connectivity index (χ3v) is 4.88. The highest BCUT2D eigenvalue weighted by molar-refractivity contribution is 5.79. The molecule has 3 atom stereocenters. The van der Waals surface area contributed by atoms with Crippen molar-refractivity contribution in [1.29, 1.82) is 0 Å². The molecule has 17 heavy (non-hydrogen) atoms. The van der Waals surface area contributed by atoms with Crippen molar-refractivity contribution in [2.45, 2.75) is 38.6 Å². The average molecular weight is 240 g/mol. The van der Waals surface area contributed by atoms with Crippen LogP contribution in [0.2, 0.25) is 0 Å². The lowest BCUT2D eigenvalue weighted by molar-refractivity contribution is -0.161. The Hall–Kier alpha value is -0.610. The number of hydrogen-bond acceptors (Lipinski definition) is 3. The maximum atomic E-state index is 11.9. The van der Waals surface area contributed by atoms with E-state index in [4.69, 9.17) is 0 Å². The van der Waals surface area contributed by atoms with Crippen molar-refractivity contribution in [3.63, 3.8) is 0 Å². The highest BCUT2D eigenvalue weighted by Crippen LogP contribution is 2.42. The lowest BCUT2D eigenvalue weighted by atomic mass is 9.67. The highest BCUT2D eigenvalue weighted by atomic mass is 16.4. The van der Waals surface area contributed by atoms with Crippen molar-refractivity contribution < 1.29 is 9.90 Å². The van der Waals surface area contributed by atoms with Crippen LogP contribution in [0.4, 0.5) is 0 Å². The molecular weight excluding hydrogens is 216 g/mol. The summed E-state index contributed by atoms with van der Waals surface area (Å²) in [4.78, 5) is 14.1. The lowest BCUT2D eigenvalue weighted by Crippen LogP contribution is -2.65. The van der Waals surface area contributed by atoms with E-state index in [1.54, 1.807) is 0 Å². The molecule has 4 nitrogen and oxygen atoms in total. The van der Waals surface area contributed by atoms with Gasteiger partial charge in [-0.3, -0.25) is 9.69 Å². The SMILES string of the molecule is CC1CCCC(C(=O)O)(N2CCNCC2)C1C. The van der Waals surface area contributed by atoms with Crippen molar-refractivity contribution in [2.24, 2.45) is 11.8 Å². The molecule has 1 aliphatic heterocycles. The largest absolute Gasteiger partial charge is 0.480 e. The fourth-order valence-corrected chi connectivity index (χ4v) is 3.59. The Morgan fingerprint density at radius 2 is 2.00 bits per heavy atom. The highest BCUT2D eigenvalue weighted by Gasteiger charge is 2.51. The number of nitrogens with one attached hydrogen (secondary N) is 1. The van der Waals surface area contributed by atoms with Gasteiger partial charge in [-0.2, -0.15) is 0 Å². The van der Waals surface area contributed by atoms with E-state index in [1.165, 1.54) is 6.42 Å². The van der Waals surface area contributed by atoms with Crippen LogP contribution < -0.4 is 5.32 Å². The molecule has 2 rings (SSSR count). The van der Waals surface area contributed by atoms with Crippen molar-refractivity contribution in [2.75, 3.05) is 26.2 Å². The number of piperazine rings is 1. The Kier molecular flexibility index (Phi) is 3.73. The molecule has 1 aliphatic carbocycles. The fourth-order valence-electron chi connectivity index (χ4n) is 3.59. The maximum absolute atomic E-state index is 11.9. The molecular formula is C13H24N2O2.